The Bertz CT molecular complexity index is 483. The summed E-state index contributed by atoms with van der Waals surface area (Å²) >= 11 is 0. The number of hydrogen-bond acceptors (Lipinski definition) is 4. The maximum atomic E-state index is 5.70. The van der Waals surface area contributed by atoms with Crippen LogP contribution in [0.15, 0.2) is 36.7 Å². The van der Waals surface area contributed by atoms with Crippen molar-refractivity contribution < 1.29 is 9.47 Å². The van der Waals surface area contributed by atoms with Crippen LogP contribution in [-0.2, 0) is 13.1 Å². The molecule has 0 amide bonds. The van der Waals surface area contributed by atoms with Crippen molar-refractivity contribution in [1.82, 2.24) is 9.78 Å². The van der Waals surface area contributed by atoms with E-state index in [9.17, 15) is 0 Å². The molecular weight excluding hydrogens is 230 g/mol. The first kappa shape index (κ1) is 12.4. The van der Waals surface area contributed by atoms with Gasteiger partial charge in [0.25, 0.3) is 0 Å². The molecule has 5 nitrogen and oxygen atoms in total. The van der Waals surface area contributed by atoms with Crippen molar-refractivity contribution in [2.45, 2.75) is 13.1 Å². The second kappa shape index (κ2) is 6.07. The summed E-state index contributed by atoms with van der Waals surface area (Å²) in [5.74, 6) is 1.43. The van der Waals surface area contributed by atoms with E-state index in [-0.39, 0.29) is 0 Å². The topological polar surface area (TPSA) is 62.3 Å². The summed E-state index contributed by atoms with van der Waals surface area (Å²) in [6, 6.07) is 7.59. The van der Waals surface area contributed by atoms with Crippen molar-refractivity contribution in [3.05, 3.63) is 42.2 Å². The Kier molecular flexibility index (Phi) is 4.20. The predicted molar refractivity (Wildman–Crippen MR) is 68.6 cm³/mol. The maximum Gasteiger partial charge on any atom is 0.161 e. The number of ether oxygens (including phenoxy) is 2. The summed E-state index contributed by atoms with van der Waals surface area (Å²) in [4.78, 5) is 0. The second-order valence-electron chi connectivity index (χ2n) is 3.81. The average Bonchev–Trinajstić information content (AvgIpc) is 2.92. The van der Waals surface area contributed by atoms with E-state index in [1.807, 2.05) is 35.1 Å². The SMILES string of the molecule is COc1ccc(CN)cc1OCCn1cccn1. The zero-order chi connectivity index (χ0) is 12.8. The Balaban J connectivity index is 1.98. The molecule has 0 aliphatic heterocycles. The van der Waals surface area contributed by atoms with Crippen LogP contribution in [0.3, 0.4) is 0 Å². The summed E-state index contributed by atoms with van der Waals surface area (Å²) in [6.07, 6.45) is 3.65. The summed E-state index contributed by atoms with van der Waals surface area (Å²) in [5.41, 5.74) is 6.62. The van der Waals surface area contributed by atoms with Gasteiger partial charge in [-0.15, -0.1) is 0 Å². The lowest BCUT2D eigenvalue weighted by Gasteiger charge is -2.11. The molecule has 0 aliphatic carbocycles. The molecule has 0 unspecified atom stereocenters. The first-order valence-electron chi connectivity index (χ1n) is 5.80. The van der Waals surface area contributed by atoms with Gasteiger partial charge < -0.3 is 15.2 Å². The van der Waals surface area contributed by atoms with Gasteiger partial charge in [-0.1, -0.05) is 6.07 Å². The molecule has 0 saturated carbocycles. The van der Waals surface area contributed by atoms with Gasteiger partial charge in [-0.3, -0.25) is 4.68 Å². The molecule has 2 N–H and O–H groups in total. The Hall–Kier alpha value is -2.01. The first-order valence-corrected chi connectivity index (χ1v) is 5.80. The van der Waals surface area contributed by atoms with Gasteiger partial charge >= 0.3 is 0 Å². The van der Waals surface area contributed by atoms with E-state index < -0.39 is 0 Å². The highest BCUT2D eigenvalue weighted by Gasteiger charge is 2.05. The van der Waals surface area contributed by atoms with Crippen molar-refractivity contribution in [2.24, 2.45) is 5.73 Å². The highest BCUT2D eigenvalue weighted by molar-refractivity contribution is 5.42. The number of nitrogens with two attached hydrogens (primary N) is 1. The van der Waals surface area contributed by atoms with Gasteiger partial charge in [0.15, 0.2) is 11.5 Å². The minimum atomic E-state index is 0.486. The predicted octanol–water partition coefficient (Wildman–Crippen LogP) is 1.43. The highest BCUT2D eigenvalue weighted by Crippen LogP contribution is 2.27. The molecule has 18 heavy (non-hydrogen) atoms. The normalized spacial score (nSPS) is 10.3. The van der Waals surface area contributed by atoms with E-state index >= 15 is 0 Å². The molecule has 1 heterocycles. The molecule has 1 aromatic heterocycles. The molecule has 1 aromatic carbocycles. The minimum Gasteiger partial charge on any atom is -0.493 e. The smallest absolute Gasteiger partial charge is 0.161 e. The summed E-state index contributed by atoms with van der Waals surface area (Å²) < 4.78 is 12.8. The zero-order valence-electron chi connectivity index (χ0n) is 10.4. The van der Waals surface area contributed by atoms with Gasteiger partial charge in [0, 0.05) is 18.9 Å². The van der Waals surface area contributed by atoms with Gasteiger partial charge in [0.1, 0.15) is 6.61 Å². The molecule has 0 spiro atoms. The molecule has 0 atom stereocenters. The number of rotatable bonds is 6. The standard InChI is InChI=1S/C13H17N3O2/c1-17-12-4-3-11(10-14)9-13(12)18-8-7-16-6-2-5-15-16/h2-6,9H,7-8,10,14H2,1H3. The number of methoxy groups -OCH3 is 1. The van der Waals surface area contributed by atoms with Gasteiger partial charge in [0.05, 0.1) is 13.7 Å². The Morgan fingerprint density at radius 3 is 2.89 bits per heavy atom. The summed E-state index contributed by atoms with van der Waals surface area (Å²) in [5, 5.41) is 4.11. The second-order valence-corrected chi connectivity index (χ2v) is 3.81. The van der Waals surface area contributed by atoms with Crippen LogP contribution in [0.1, 0.15) is 5.56 Å². The average molecular weight is 247 g/mol. The van der Waals surface area contributed by atoms with Gasteiger partial charge in [-0.25, -0.2) is 0 Å². The fourth-order valence-corrected chi connectivity index (χ4v) is 1.64. The molecule has 0 aliphatic rings. The van der Waals surface area contributed by atoms with Gasteiger partial charge in [0.2, 0.25) is 0 Å². The number of aromatic nitrogens is 2. The first-order chi connectivity index (χ1) is 8.83. The molecule has 0 fully saturated rings. The van der Waals surface area contributed by atoms with Crippen molar-refractivity contribution in [1.29, 1.82) is 0 Å². The Morgan fingerprint density at radius 2 is 2.22 bits per heavy atom. The number of hydrogen-bond donors (Lipinski definition) is 1. The van der Waals surface area contributed by atoms with Crippen LogP contribution in [0.5, 0.6) is 11.5 Å². The quantitative estimate of drug-likeness (QED) is 0.838. The highest BCUT2D eigenvalue weighted by atomic mass is 16.5. The monoisotopic (exact) mass is 247 g/mol. The van der Waals surface area contributed by atoms with E-state index in [2.05, 4.69) is 5.10 Å². The minimum absolute atomic E-state index is 0.486. The van der Waals surface area contributed by atoms with E-state index in [0.717, 1.165) is 5.56 Å². The van der Waals surface area contributed by atoms with Crippen LogP contribution in [0, 0.1) is 0 Å². The molecule has 2 aromatic rings. The van der Waals surface area contributed by atoms with Crippen LogP contribution in [0.4, 0.5) is 0 Å². The lowest BCUT2D eigenvalue weighted by molar-refractivity contribution is 0.274. The van der Waals surface area contributed by atoms with Gasteiger partial charge in [-0.05, 0) is 23.8 Å². The molecule has 0 radical (unpaired) electrons. The summed E-state index contributed by atoms with van der Waals surface area (Å²) in [7, 11) is 1.62. The third-order valence-electron chi connectivity index (χ3n) is 2.60. The zero-order valence-corrected chi connectivity index (χ0v) is 10.4. The van der Waals surface area contributed by atoms with Crippen LogP contribution in [-0.4, -0.2) is 23.5 Å². The van der Waals surface area contributed by atoms with Crippen LogP contribution < -0.4 is 15.2 Å². The third kappa shape index (κ3) is 3.01. The lowest BCUT2D eigenvalue weighted by Crippen LogP contribution is -2.09. The third-order valence-corrected chi connectivity index (χ3v) is 2.60. The fourth-order valence-electron chi connectivity index (χ4n) is 1.64. The van der Waals surface area contributed by atoms with Crippen molar-refractivity contribution in [3.8, 4) is 11.5 Å². The Labute approximate surface area is 106 Å². The van der Waals surface area contributed by atoms with Crippen molar-refractivity contribution >= 4 is 0 Å². The van der Waals surface area contributed by atoms with E-state index in [0.29, 0.717) is 31.2 Å². The number of benzene rings is 1. The van der Waals surface area contributed by atoms with Crippen LogP contribution in [0.2, 0.25) is 0 Å². The van der Waals surface area contributed by atoms with Gasteiger partial charge in [-0.2, -0.15) is 5.10 Å². The lowest BCUT2D eigenvalue weighted by atomic mass is 10.2. The molecule has 2 rings (SSSR count). The van der Waals surface area contributed by atoms with E-state index in [4.69, 9.17) is 15.2 Å². The van der Waals surface area contributed by atoms with Crippen molar-refractivity contribution in [3.63, 3.8) is 0 Å². The molecule has 96 valence electrons. The van der Waals surface area contributed by atoms with Crippen LogP contribution >= 0.6 is 0 Å². The molecule has 5 heteroatoms. The van der Waals surface area contributed by atoms with Crippen molar-refractivity contribution in [2.75, 3.05) is 13.7 Å². The molecule has 0 bridgehead atoms. The largest absolute Gasteiger partial charge is 0.493 e. The van der Waals surface area contributed by atoms with Crippen LogP contribution in [0.25, 0.3) is 0 Å². The maximum absolute atomic E-state index is 5.70. The molecular formula is C13H17N3O2. The summed E-state index contributed by atoms with van der Waals surface area (Å²) in [6.45, 7) is 1.72. The Morgan fingerprint density at radius 1 is 1.33 bits per heavy atom. The number of nitrogens with zero attached hydrogens (tertiary/aromatic N) is 2. The fraction of sp³-hybridized carbons (Fsp3) is 0.308. The van der Waals surface area contributed by atoms with E-state index in [1.165, 1.54) is 0 Å². The molecule has 0 saturated heterocycles. The van der Waals surface area contributed by atoms with E-state index in [1.54, 1.807) is 13.3 Å².